The molecule has 3 heteroatoms. The summed E-state index contributed by atoms with van der Waals surface area (Å²) in [6.07, 6.45) is 8.72. The van der Waals surface area contributed by atoms with E-state index in [0.717, 1.165) is 30.6 Å². The zero-order valence-electron chi connectivity index (χ0n) is 15.3. The molecule has 7 rings (SSSR count). The van der Waals surface area contributed by atoms with Gasteiger partial charge in [0.15, 0.2) is 0 Å². The Morgan fingerprint density at radius 1 is 1.19 bits per heavy atom. The maximum Gasteiger partial charge on any atom is 0.240 e. The summed E-state index contributed by atoms with van der Waals surface area (Å²) < 4.78 is 0. The van der Waals surface area contributed by atoms with Crippen molar-refractivity contribution in [3.63, 3.8) is 0 Å². The average molecular weight is 354 g/mol. The maximum absolute atomic E-state index is 13.8. The fourth-order valence-electron chi connectivity index (χ4n) is 6.93. The summed E-state index contributed by atoms with van der Waals surface area (Å²) in [4.78, 5) is 16.4. The molecule has 5 aliphatic rings. The summed E-state index contributed by atoms with van der Waals surface area (Å²) in [7, 11) is 0. The number of carbonyl (C=O) groups is 1. The van der Waals surface area contributed by atoms with Crippen LogP contribution in [0.25, 0.3) is 0 Å². The third-order valence-corrected chi connectivity index (χ3v) is 7.77. The number of benzene rings is 2. The summed E-state index contributed by atoms with van der Waals surface area (Å²) in [6, 6.07) is 15.1. The number of anilines is 1. The molecule has 1 spiro atoms. The topological polar surface area (TPSA) is 32.3 Å². The molecule has 3 atom stereocenters. The van der Waals surface area contributed by atoms with Crippen molar-refractivity contribution in [2.45, 2.75) is 30.7 Å². The van der Waals surface area contributed by atoms with Crippen LogP contribution >= 0.6 is 0 Å². The standard InChI is InChI=1S/C24H20N2O.H2/c1-15-12-16-9-11-26-20(16)18(13-15)24(17-6-3-2-4-7-17)21(27)25-19-8-5-10-22(26)14-23(19,22)24;/h2-8,10,12-13H,9,11,14H2,1H3,(H,25,27);1H. The first kappa shape index (κ1) is 14.3. The number of nitrogens with one attached hydrogen (secondary N) is 1. The number of hydrogen-bond acceptors (Lipinski definition) is 2. The van der Waals surface area contributed by atoms with Gasteiger partial charge in [0.05, 0.1) is 11.0 Å². The highest BCUT2D eigenvalue weighted by molar-refractivity contribution is 6.05. The zero-order valence-corrected chi connectivity index (χ0v) is 15.3. The number of allylic oxidation sites excluding steroid dienone is 2. The van der Waals surface area contributed by atoms with Crippen molar-refractivity contribution in [1.29, 1.82) is 0 Å². The van der Waals surface area contributed by atoms with Crippen molar-refractivity contribution >= 4 is 11.6 Å². The second-order valence-electron chi connectivity index (χ2n) is 8.74. The lowest BCUT2D eigenvalue weighted by Gasteiger charge is -2.48. The number of hydrogen-bond donors (Lipinski definition) is 1. The summed E-state index contributed by atoms with van der Waals surface area (Å²) >= 11 is 0. The normalized spacial score (nSPS) is 36.0. The van der Waals surface area contributed by atoms with Crippen molar-refractivity contribution in [3.8, 4) is 0 Å². The first-order chi connectivity index (χ1) is 13.1. The molecule has 2 aromatic rings. The number of nitrogens with zero attached hydrogens (tertiary/aromatic N) is 1. The number of carbonyl (C=O) groups excluding carboxylic acids is 1. The highest BCUT2D eigenvalue weighted by Crippen LogP contribution is 2.81. The summed E-state index contributed by atoms with van der Waals surface area (Å²) in [6.45, 7) is 3.21. The van der Waals surface area contributed by atoms with Gasteiger partial charge in [0, 0.05) is 19.4 Å². The average Bonchev–Trinajstić information content (AvgIpc) is 3.10. The Morgan fingerprint density at radius 2 is 2.04 bits per heavy atom. The van der Waals surface area contributed by atoms with E-state index in [4.69, 9.17) is 0 Å². The molecule has 27 heavy (non-hydrogen) atoms. The predicted molar refractivity (Wildman–Crippen MR) is 107 cm³/mol. The van der Waals surface area contributed by atoms with Gasteiger partial charge in [0.2, 0.25) is 5.91 Å². The van der Waals surface area contributed by atoms with Gasteiger partial charge in [-0.15, -0.1) is 0 Å². The molecule has 3 aliphatic heterocycles. The van der Waals surface area contributed by atoms with Crippen LogP contribution in [-0.2, 0) is 16.6 Å². The van der Waals surface area contributed by atoms with Crippen LogP contribution in [0.5, 0.6) is 0 Å². The quantitative estimate of drug-likeness (QED) is 0.848. The molecule has 3 unspecified atom stereocenters. The van der Waals surface area contributed by atoms with Crippen LogP contribution in [0.2, 0.25) is 0 Å². The summed E-state index contributed by atoms with van der Waals surface area (Å²) in [5, 5.41) is 3.31. The molecule has 3 heterocycles. The van der Waals surface area contributed by atoms with Crippen LogP contribution in [-0.4, -0.2) is 18.0 Å². The number of aryl methyl sites for hydroxylation is 1. The van der Waals surface area contributed by atoms with Crippen molar-refractivity contribution in [2.75, 3.05) is 11.4 Å². The molecular formula is C24H22N2O. The molecule has 1 saturated carbocycles. The van der Waals surface area contributed by atoms with E-state index in [1.807, 2.05) is 6.07 Å². The Morgan fingerprint density at radius 3 is 2.89 bits per heavy atom. The Hall–Kier alpha value is -2.81. The molecule has 1 amide bonds. The van der Waals surface area contributed by atoms with E-state index in [9.17, 15) is 4.79 Å². The van der Waals surface area contributed by atoms with Crippen LogP contribution in [0.15, 0.2) is 66.4 Å². The van der Waals surface area contributed by atoms with Gasteiger partial charge < -0.3 is 10.2 Å². The fraction of sp³-hybridized carbons (Fsp3) is 0.292. The molecular weight excluding hydrogens is 332 g/mol. The van der Waals surface area contributed by atoms with Gasteiger partial charge in [0.25, 0.3) is 0 Å². The molecule has 2 aliphatic carbocycles. The van der Waals surface area contributed by atoms with Gasteiger partial charge in [0.1, 0.15) is 5.41 Å². The molecule has 2 fully saturated rings. The van der Waals surface area contributed by atoms with Crippen molar-refractivity contribution in [1.82, 2.24) is 5.32 Å². The minimum Gasteiger partial charge on any atom is -0.360 e. The molecule has 1 N–H and O–H groups in total. The Kier molecular flexibility index (Phi) is 2.13. The van der Waals surface area contributed by atoms with E-state index < -0.39 is 5.41 Å². The first-order valence-corrected chi connectivity index (χ1v) is 9.84. The molecule has 134 valence electrons. The van der Waals surface area contributed by atoms with Gasteiger partial charge in [-0.25, -0.2) is 0 Å². The third kappa shape index (κ3) is 1.20. The largest absolute Gasteiger partial charge is 0.360 e. The molecule has 2 aromatic carbocycles. The molecule has 0 aromatic heterocycles. The Balaban J connectivity index is 0.00000156. The minimum absolute atomic E-state index is 0. The Labute approximate surface area is 159 Å². The van der Waals surface area contributed by atoms with Crippen LogP contribution in [0.1, 0.15) is 30.1 Å². The van der Waals surface area contributed by atoms with Gasteiger partial charge in [-0.05, 0) is 42.5 Å². The highest BCUT2D eigenvalue weighted by Gasteiger charge is 2.87. The van der Waals surface area contributed by atoms with Gasteiger partial charge >= 0.3 is 0 Å². The SMILES string of the molecule is Cc1cc2c3c(c1)C1(c4ccccc4)C(=O)NC4=CC=CC5(CC415)N3CC2.[HH]. The maximum atomic E-state index is 13.8. The fourth-order valence-corrected chi connectivity index (χ4v) is 6.93. The van der Waals surface area contributed by atoms with Crippen LogP contribution < -0.4 is 10.2 Å². The van der Waals surface area contributed by atoms with E-state index in [1.165, 1.54) is 22.4 Å². The second-order valence-corrected chi connectivity index (χ2v) is 8.74. The van der Waals surface area contributed by atoms with Gasteiger partial charge in [-0.1, -0.05) is 60.2 Å². The lowest BCUT2D eigenvalue weighted by atomic mass is 9.59. The molecule has 0 bridgehead atoms. The number of rotatable bonds is 1. The Bertz CT molecular complexity index is 1140. The van der Waals surface area contributed by atoms with E-state index in [1.54, 1.807) is 0 Å². The van der Waals surface area contributed by atoms with Crippen molar-refractivity contribution < 1.29 is 6.22 Å². The van der Waals surface area contributed by atoms with Crippen LogP contribution in [0, 0.1) is 12.3 Å². The minimum atomic E-state index is -0.637. The predicted octanol–water partition coefficient (Wildman–Crippen LogP) is 3.62. The lowest BCUT2D eigenvalue weighted by Crippen LogP contribution is -2.54. The second kappa shape index (κ2) is 4.04. The lowest BCUT2D eigenvalue weighted by molar-refractivity contribution is -0.123. The smallest absolute Gasteiger partial charge is 0.240 e. The van der Waals surface area contributed by atoms with Crippen molar-refractivity contribution in [2.24, 2.45) is 5.41 Å². The molecule has 3 nitrogen and oxygen atoms in total. The van der Waals surface area contributed by atoms with Gasteiger partial charge in [-0.2, -0.15) is 0 Å². The monoisotopic (exact) mass is 354 g/mol. The van der Waals surface area contributed by atoms with E-state index >= 15 is 0 Å². The summed E-state index contributed by atoms with van der Waals surface area (Å²) in [5.74, 6) is 0.143. The van der Waals surface area contributed by atoms with Crippen LogP contribution in [0.3, 0.4) is 0 Å². The molecule has 1 saturated heterocycles. The van der Waals surface area contributed by atoms with Crippen molar-refractivity contribution in [3.05, 3.63) is 88.6 Å². The van der Waals surface area contributed by atoms with E-state index in [2.05, 4.69) is 71.8 Å². The number of amides is 1. The van der Waals surface area contributed by atoms with E-state index in [0.29, 0.717) is 0 Å². The molecule has 0 radical (unpaired) electrons. The highest BCUT2D eigenvalue weighted by atomic mass is 16.2. The van der Waals surface area contributed by atoms with E-state index in [-0.39, 0.29) is 18.3 Å². The van der Waals surface area contributed by atoms with Crippen LogP contribution in [0.4, 0.5) is 5.69 Å². The third-order valence-electron chi connectivity index (χ3n) is 7.77. The first-order valence-electron chi connectivity index (χ1n) is 9.84. The van der Waals surface area contributed by atoms with Gasteiger partial charge in [-0.3, -0.25) is 4.79 Å². The number of fused-ring (bicyclic) bond motifs is 1. The zero-order chi connectivity index (χ0) is 18.0. The summed E-state index contributed by atoms with van der Waals surface area (Å²) in [5.41, 5.74) is 6.52.